The molecule has 2 heterocycles. The molecule has 40 heavy (non-hydrogen) atoms. The quantitative estimate of drug-likeness (QED) is 0.178. The van der Waals surface area contributed by atoms with Gasteiger partial charge in [-0.25, -0.2) is 4.39 Å². The maximum atomic E-state index is 13.9. The summed E-state index contributed by atoms with van der Waals surface area (Å²) in [5.41, 5.74) is 10.5. The average Bonchev–Trinajstić information content (AvgIpc) is 3.72. The Balaban J connectivity index is 1.44. The normalized spacial score (nSPS) is 17.3. The number of hydrogen-bond donors (Lipinski definition) is 4. The van der Waals surface area contributed by atoms with Crippen molar-refractivity contribution in [2.75, 3.05) is 10.6 Å². The molecule has 0 bridgehead atoms. The van der Waals surface area contributed by atoms with Crippen molar-refractivity contribution in [3.05, 3.63) is 112 Å². The van der Waals surface area contributed by atoms with Crippen molar-refractivity contribution in [1.82, 2.24) is 21.0 Å². The van der Waals surface area contributed by atoms with E-state index >= 15 is 0 Å². The van der Waals surface area contributed by atoms with Gasteiger partial charge in [0.15, 0.2) is 0 Å². The van der Waals surface area contributed by atoms with Crippen molar-refractivity contribution in [2.45, 2.75) is 44.3 Å². The van der Waals surface area contributed by atoms with Crippen molar-refractivity contribution in [2.24, 2.45) is 0 Å². The van der Waals surface area contributed by atoms with Crippen LogP contribution in [0.25, 0.3) is 10.9 Å². The molecule has 2 aliphatic rings. The number of benzene rings is 3. The van der Waals surface area contributed by atoms with Crippen LogP contribution in [0.5, 0.6) is 0 Å². The summed E-state index contributed by atoms with van der Waals surface area (Å²) in [6.45, 7) is 2.08. The third kappa shape index (κ3) is 5.26. The van der Waals surface area contributed by atoms with Crippen LogP contribution >= 0.6 is 11.6 Å². The summed E-state index contributed by atoms with van der Waals surface area (Å²) in [6, 6.07) is 20.5. The van der Waals surface area contributed by atoms with Crippen LogP contribution in [0.15, 0.2) is 84.8 Å². The van der Waals surface area contributed by atoms with Gasteiger partial charge in [0.2, 0.25) is 0 Å². The zero-order valence-corrected chi connectivity index (χ0v) is 22.6. The van der Waals surface area contributed by atoms with Gasteiger partial charge in [-0.05, 0) is 54.7 Å². The molecule has 202 valence electrons. The van der Waals surface area contributed by atoms with E-state index < -0.39 is 6.02 Å². The molecule has 1 fully saturated rings. The summed E-state index contributed by atoms with van der Waals surface area (Å²) >= 11 is 6.77. The topological polar surface area (TPSA) is 88.0 Å². The molecule has 1 aromatic heterocycles. The second-order valence-electron chi connectivity index (χ2n) is 9.95. The molecule has 0 amide bonds. The van der Waals surface area contributed by atoms with Crippen molar-refractivity contribution in [1.29, 1.82) is 5.26 Å². The largest absolute Gasteiger partial charge is 0.377 e. The smallest absolute Gasteiger partial charge is 0.123 e. The van der Waals surface area contributed by atoms with Crippen LogP contribution in [0, 0.1) is 17.1 Å². The average molecular weight is 555 g/mol. The van der Waals surface area contributed by atoms with Gasteiger partial charge >= 0.3 is 0 Å². The Labute approximate surface area is 239 Å². The first kappa shape index (κ1) is 24.7. The summed E-state index contributed by atoms with van der Waals surface area (Å²) in [5, 5.41) is 19.9. The summed E-state index contributed by atoms with van der Waals surface area (Å²) in [7, 11) is 0. The van der Waals surface area contributed by atoms with E-state index in [2.05, 4.69) is 51.7 Å². The van der Waals surface area contributed by atoms with Crippen LogP contribution < -0.4 is 21.6 Å². The summed E-state index contributed by atoms with van der Waals surface area (Å²) < 4.78 is 23.5. The summed E-state index contributed by atoms with van der Waals surface area (Å²) in [5.74, 6) is -0.384. The van der Waals surface area contributed by atoms with Crippen LogP contribution in [-0.2, 0) is 0 Å². The third-order valence-corrected chi connectivity index (χ3v) is 7.46. The van der Waals surface area contributed by atoms with Gasteiger partial charge in [-0.3, -0.25) is 9.99 Å². The number of nitrogens with zero attached hydrogens (tertiary/aromatic N) is 3. The number of nitriles is 1. The molecule has 1 aliphatic carbocycles. The van der Waals surface area contributed by atoms with Gasteiger partial charge in [-0.15, -0.1) is 5.53 Å². The van der Waals surface area contributed by atoms with E-state index in [1.165, 1.54) is 18.3 Å². The van der Waals surface area contributed by atoms with Crippen LogP contribution in [0.2, 0.25) is 5.02 Å². The molecule has 4 aromatic rings. The lowest BCUT2D eigenvalue weighted by Crippen LogP contribution is -2.38. The first-order valence-electron chi connectivity index (χ1n) is 13.8. The van der Waals surface area contributed by atoms with Crippen LogP contribution in [0.1, 0.15) is 56.3 Å². The lowest BCUT2D eigenvalue weighted by Gasteiger charge is -2.23. The second kappa shape index (κ2) is 11.0. The first-order valence-corrected chi connectivity index (χ1v) is 13.7. The van der Waals surface area contributed by atoms with Crippen LogP contribution in [0.4, 0.5) is 15.8 Å². The molecule has 1 aliphatic heterocycles. The van der Waals surface area contributed by atoms with E-state index in [4.69, 9.17) is 11.6 Å². The minimum absolute atomic E-state index is 0.0499. The fraction of sp³-hybridized carbons (Fsp3) is 0.226. The third-order valence-electron chi connectivity index (χ3n) is 7.17. The van der Waals surface area contributed by atoms with Crippen molar-refractivity contribution >= 4 is 33.9 Å². The predicted molar refractivity (Wildman–Crippen MR) is 157 cm³/mol. The molecule has 7 nitrogen and oxygen atoms in total. The minimum atomic E-state index is -1.52. The Hall–Kier alpha value is -4.32. The molecule has 6 rings (SSSR count). The Morgan fingerprint density at radius 3 is 2.62 bits per heavy atom. The van der Waals surface area contributed by atoms with E-state index in [0.717, 1.165) is 24.8 Å². The number of hydrazine groups is 2. The van der Waals surface area contributed by atoms with Gasteiger partial charge in [-0.1, -0.05) is 61.0 Å². The first-order chi connectivity index (χ1) is 19.9. The Morgan fingerprint density at radius 1 is 1.15 bits per heavy atom. The highest BCUT2D eigenvalue weighted by Gasteiger charge is 2.32. The Kier molecular flexibility index (Phi) is 6.82. The molecule has 0 unspecified atom stereocenters. The van der Waals surface area contributed by atoms with Gasteiger partial charge < -0.3 is 16.1 Å². The maximum Gasteiger partial charge on any atom is 0.123 e. The second-order valence-corrected chi connectivity index (χ2v) is 10.4. The Bertz CT molecular complexity index is 1650. The molecule has 2 atom stereocenters. The summed E-state index contributed by atoms with van der Waals surface area (Å²) in [6.07, 6.45) is 6.33. The van der Waals surface area contributed by atoms with Gasteiger partial charge in [0.05, 0.1) is 40.9 Å². The molecular weight excluding hydrogens is 525 g/mol. The van der Waals surface area contributed by atoms with Gasteiger partial charge in [0.1, 0.15) is 11.9 Å². The minimum Gasteiger partial charge on any atom is -0.377 e. The van der Waals surface area contributed by atoms with Gasteiger partial charge in [0.25, 0.3) is 0 Å². The molecule has 0 saturated heterocycles. The van der Waals surface area contributed by atoms with Crippen LogP contribution in [0.3, 0.4) is 0 Å². The number of rotatable bonds is 9. The number of nitrogens with one attached hydrogen (secondary N) is 4. The van der Waals surface area contributed by atoms with E-state index in [1.54, 1.807) is 18.2 Å². The highest BCUT2D eigenvalue weighted by molar-refractivity contribution is 6.35. The fourth-order valence-electron chi connectivity index (χ4n) is 4.91. The van der Waals surface area contributed by atoms with Crippen molar-refractivity contribution < 1.29 is 5.76 Å². The molecule has 4 N–H and O–H groups in total. The number of halogens is 2. The van der Waals surface area contributed by atoms with Gasteiger partial charge in [-0.2, -0.15) is 5.26 Å². The lowest BCUT2D eigenvalue weighted by molar-refractivity contribution is 0.260. The fourth-order valence-corrected chi connectivity index (χ4v) is 5.18. The molecule has 9 heteroatoms. The summed E-state index contributed by atoms with van der Waals surface area (Å²) in [4.78, 5) is 4.49. The predicted octanol–water partition coefficient (Wildman–Crippen LogP) is 6.94. The number of pyridine rings is 1. The van der Waals surface area contributed by atoms with E-state index in [1.807, 2.05) is 35.5 Å². The molecule has 0 radical (unpaired) electrons. The monoisotopic (exact) mass is 554 g/mol. The van der Waals surface area contributed by atoms with E-state index in [9.17, 15) is 11.0 Å². The number of fused-ring (bicyclic) bond motifs is 1. The Morgan fingerprint density at radius 2 is 1.93 bits per heavy atom. The van der Waals surface area contributed by atoms with E-state index in [0.29, 0.717) is 50.2 Å². The highest BCUT2D eigenvalue weighted by Crippen LogP contribution is 2.38. The standard InChI is InChI=1S/C31H29ClFN7/c1-2-27(19-6-4-3-5-7-19)37-29-21(16-34)17-35-31-25(29)14-23(15-26(31)32)36-30(20-8-10-22(33)11-9-20)28-18-40(39-38-28)24-12-13-24/h3-11,14-15,17-18,24,27,30,36,38-39H,2,12-13H2,1H3,(H,35,37)/t27-,30+/m1/s1/i30D. The molecule has 1 saturated carbocycles. The van der Waals surface area contributed by atoms with Crippen molar-refractivity contribution in [3.63, 3.8) is 0 Å². The molecular formula is C31H29ClFN7. The number of hydrogen-bond acceptors (Lipinski definition) is 7. The lowest BCUT2D eigenvalue weighted by atomic mass is 10.0. The van der Waals surface area contributed by atoms with Gasteiger partial charge in [0, 0.05) is 29.5 Å². The molecule has 3 aromatic carbocycles. The van der Waals surface area contributed by atoms with Crippen molar-refractivity contribution in [3.8, 4) is 6.07 Å². The number of anilines is 2. The number of aromatic nitrogens is 1. The maximum absolute atomic E-state index is 13.9. The molecule has 0 spiro atoms. The van der Waals surface area contributed by atoms with E-state index in [-0.39, 0.29) is 11.9 Å². The van der Waals surface area contributed by atoms with Crippen LogP contribution in [-0.4, -0.2) is 16.0 Å². The SMILES string of the molecule is [2H][C@@](Nc1cc(Cl)c2ncc(C#N)c(N[C@H](CC)c3ccccc3)c2c1)(C1=CN(C2CC2)NN1)c1ccc(F)cc1. The highest BCUT2D eigenvalue weighted by atomic mass is 35.5. The zero-order chi connectivity index (χ0) is 28.6. The zero-order valence-electron chi connectivity index (χ0n) is 22.9.